The van der Waals surface area contributed by atoms with E-state index in [4.69, 9.17) is 9.47 Å². The second-order valence-corrected chi connectivity index (χ2v) is 5.64. The molecule has 5 nitrogen and oxygen atoms in total. The van der Waals surface area contributed by atoms with E-state index in [9.17, 15) is 4.79 Å². The third-order valence-electron chi connectivity index (χ3n) is 2.88. The number of amides is 1. The Balaban J connectivity index is 1.75. The Morgan fingerprint density at radius 2 is 2.15 bits per heavy atom. The van der Waals surface area contributed by atoms with E-state index in [1.54, 1.807) is 23.6 Å². The first-order valence-corrected chi connectivity index (χ1v) is 7.18. The molecule has 1 amide bonds. The Bertz CT molecular complexity index is 652. The lowest BCUT2D eigenvalue weighted by Gasteiger charge is -2.04. The maximum atomic E-state index is 12.1. The van der Waals surface area contributed by atoms with Gasteiger partial charge in [-0.2, -0.15) is 0 Å². The van der Waals surface area contributed by atoms with E-state index >= 15 is 0 Å². The van der Waals surface area contributed by atoms with Crippen LogP contribution in [0.25, 0.3) is 0 Å². The molecule has 1 aromatic heterocycles. The maximum absolute atomic E-state index is 12.1. The number of carbonyl (C=O) groups excluding carboxylic acids is 1. The van der Waals surface area contributed by atoms with E-state index in [1.165, 1.54) is 11.3 Å². The number of rotatable bonds is 3. The lowest BCUT2D eigenvalue weighted by atomic mass is 10.2. The molecular formula is C14H14N2O3S. The third kappa shape index (κ3) is 2.46. The van der Waals surface area contributed by atoms with Gasteiger partial charge in [0.15, 0.2) is 11.5 Å². The van der Waals surface area contributed by atoms with Gasteiger partial charge in [0.2, 0.25) is 6.79 Å². The number of thiazole rings is 1. The summed E-state index contributed by atoms with van der Waals surface area (Å²) in [7, 11) is 0. The van der Waals surface area contributed by atoms with E-state index in [1.807, 2.05) is 0 Å². The van der Waals surface area contributed by atoms with Crippen LogP contribution in [0.15, 0.2) is 23.6 Å². The summed E-state index contributed by atoms with van der Waals surface area (Å²) in [5.74, 6) is 1.45. The fourth-order valence-corrected chi connectivity index (χ4v) is 2.64. The molecule has 0 radical (unpaired) electrons. The zero-order chi connectivity index (χ0) is 14.1. The monoisotopic (exact) mass is 290 g/mol. The lowest BCUT2D eigenvalue weighted by Crippen LogP contribution is -2.12. The minimum absolute atomic E-state index is 0.216. The molecular weight excluding hydrogens is 276 g/mol. The molecule has 0 bridgehead atoms. The van der Waals surface area contributed by atoms with Gasteiger partial charge in [0.25, 0.3) is 5.91 Å². The molecule has 0 saturated carbocycles. The van der Waals surface area contributed by atoms with Crippen LogP contribution >= 0.6 is 11.3 Å². The van der Waals surface area contributed by atoms with Crippen LogP contribution in [0.2, 0.25) is 0 Å². The van der Waals surface area contributed by atoms with Crippen LogP contribution in [-0.4, -0.2) is 17.7 Å². The SMILES string of the molecule is CC(C)c1nc(C(=O)Nc2ccc3c(c2)OCO3)cs1. The molecule has 2 heterocycles. The van der Waals surface area contributed by atoms with Crippen molar-refractivity contribution in [1.82, 2.24) is 4.98 Å². The van der Waals surface area contributed by atoms with Crippen molar-refractivity contribution in [3.05, 3.63) is 34.3 Å². The van der Waals surface area contributed by atoms with Crippen molar-refractivity contribution in [2.24, 2.45) is 0 Å². The first-order chi connectivity index (χ1) is 9.63. The van der Waals surface area contributed by atoms with Crippen LogP contribution in [-0.2, 0) is 0 Å². The predicted molar refractivity (Wildman–Crippen MR) is 76.7 cm³/mol. The Morgan fingerprint density at radius 1 is 1.35 bits per heavy atom. The number of hydrogen-bond acceptors (Lipinski definition) is 5. The number of fused-ring (bicyclic) bond motifs is 1. The van der Waals surface area contributed by atoms with Crippen molar-refractivity contribution in [3.8, 4) is 11.5 Å². The second-order valence-electron chi connectivity index (χ2n) is 4.75. The van der Waals surface area contributed by atoms with Gasteiger partial charge in [0.1, 0.15) is 5.69 Å². The van der Waals surface area contributed by atoms with Crippen LogP contribution in [0, 0.1) is 0 Å². The summed E-state index contributed by atoms with van der Waals surface area (Å²) >= 11 is 1.50. The molecule has 1 aromatic carbocycles. The van der Waals surface area contributed by atoms with Crippen molar-refractivity contribution in [3.63, 3.8) is 0 Å². The molecule has 0 saturated heterocycles. The summed E-state index contributed by atoms with van der Waals surface area (Å²) in [5.41, 5.74) is 1.11. The number of nitrogens with zero attached hydrogens (tertiary/aromatic N) is 1. The molecule has 6 heteroatoms. The molecule has 0 atom stereocenters. The van der Waals surface area contributed by atoms with Gasteiger partial charge in [-0.1, -0.05) is 13.8 Å². The number of carbonyl (C=O) groups is 1. The lowest BCUT2D eigenvalue weighted by molar-refractivity contribution is 0.102. The molecule has 0 fully saturated rings. The van der Waals surface area contributed by atoms with Gasteiger partial charge in [0, 0.05) is 23.1 Å². The van der Waals surface area contributed by atoms with E-state index in [0.717, 1.165) is 5.01 Å². The van der Waals surface area contributed by atoms with Gasteiger partial charge in [-0.3, -0.25) is 4.79 Å². The molecule has 0 unspecified atom stereocenters. The summed E-state index contributed by atoms with van der Waals surface area (Å²) in [6.45, 7) is 4.33. The highest BCUT2D eigenvalue weighted by molar-refractivity contribution is 7.09. The van der Waals surface area contributed by atoms with Crippen LogP contribution in [0.5, 0.6) is 11.5 Å². The molecule has 1 N–H and O–H groups in total. The first-order valence-electron chi connectivity index (χ1n) is 6.30. The largest absolute Gasteiger partial charge is 0.454 e. The van der Waals surface area contributed by atoms with E-state index in [0.29, 0.717) is 28.8 Å². The molecule has 3 rings (SSSR count). The number of aromatic nitrogens is 1. The summed E-state index contributed by atoms with van der Waals surface area (Å²) < 4.78 is 10.5. The summed E-state index contributed by atoms with van der Waals surface area (Å²) in [4.78, 5) is 16.4. The Kier molecular flexibility index (Phi) is 3.31. The number of anilines is 1. The molecule has 0 spiro atoms. The van der Waals surface area contributed by atoms with Gasteiger partial charge >= 0.3 is 0 Å². The molecule has 1 aliphatic heterocycles. The summed E-state index contributed by atoms with van der Waals surface area (Å²) in [5, 5.41) is 5.54. The Morgan fingerprint density at radius 3 is 2.90 bits per heavy atom. The summed E-state index contributed by atoms with van der Waals surface area (Å²) in [6, 6.07) is 5.30. The minimum Gasteiger partial charge on any atom is -0.454 e. The van der Waals surface area contributed by atoms with E-state index in [-0.39, 0.29) is 12.7 Å². The van der Waals surface area contributed by atoms with Crippen molar-refractivity contribution < 1.29 is 14.3 Å². The van der Waals surface area contributed by atoms with Crippen LogP contribution in [0.1, 0.15) is 35.3 Å². The van der Waals surface area contributed by atoms with Crippen LogP contribution < -0.4 is 14.8 Å². The predicted octanol–water partition coefficient (Wildman–Crippen LogP) is 3.25. The average Bonchev–Trinajstić information content (AvgIpc) is 3.07. The van der Waals surface area contributed by atoms with Gasteiger partial charge in [-0.25, -0.2) is 4.98 Å². The Hall–Kier alpha value is -2.08. The third-order valence-corrected chi connectivity index (χ3v) is 4.02. The Labute approximate surface area is 120 Å². The highest BCUT2D eigenvalue weighted by Crippen LogP contribution is 2.34. The first kappa shape index (κ1) is 12.9. The molecule has 1 aliphatic rings. The maximum Gasteiger partial charge on any atom is 0.275 e. The van der Waals surface area contributed by atoms with Crippen molar-refractivity contribution in [2.75, 3.05) is 12.1 Å². The normalized spacial score (nSPS) is 12.8. The van der Waals surface area contributed by atoms with Crippen molar-refractivity contribution in [1.29, 1.82) is 0 Å². The fraction of sp³-hybridized carbons (Fsp3) is 0.286. The molecule has 20 heavy (non-hydrogen) atoms. The van der Waals surface area contributed by atoms with E-state index < -0.39 is 0 Å². The standard InChI is InChI=1S/C14H14N2O3S/c1-8(2)14-16-10(6-20-14)13(17)15-9-3-4-11-12(5-9)19-7-18-11/h3-6,8H,7H2,1-2H3,(H,15,17). The van der Waals surface area contributed by atoms with Crippen molar-refractivity contribution >= 4 is 22.9 Å². The zero-order valence-electron chi connectivity index (χ0n) is 11.2. The van der Waals surface area contributed by atoms with Crippen LogP contribution in [0.4, 0.5) is 5.69 Å². The number of benzene rings is 1. The van der Waals surface area contributed by atoms with Gasteiger partial charge in [0.05, 0.1) is 5.01 Å². The summed E-state index contributed by atoms with van der Waals surface area (Å²) in [6.07, 6.45) is 0. The van der Waals surface area contributed by atoms with E-state index in [2.05, 4.69) is 24.1 Å². The number of hydrogen-bond donors (Lipinski definition) is 1. The average molecular weight is 290 g/mol. The van der Waals surface area contributed by atoms with Crippen LogP contribution in [0.3, 0.4) is 0 Å². The number of ether oxygens (including phenoxy) is 2. The molecule has 0 aliphatic carbocycles. The zero-order valence-corrected chi connectivity index (χ0v) is 12.0. The highest BCUT2D eigenvalue weighted by atomic mass is 32.1. The van der Waals surface area contributed by atoms with Gasteiger partial charge < -0.3 is 14.8 Å². The van der Waals surface area contributed by atoms with Crippen molar-refractivity contribution in [2.45, 2.75) is 19.8 Å². The topological polar surface area (TPSA) is 60.5 Å². The smallest absolute Gasteiger partial charge is 0.275 e. The second kappa shape index (κ2) is 5.13. The molecule has 2 aromatic rings. The quantitative estimate of drug-likeness (QED) is 0.942. The fourth-order valence-electron chi connectivity index (χ4n) is 1.83. The highest BCUT2D eigenvalue weighted by Gasteiger charge is 2.16. The minimum atomic E-state index is -0.216. The molecule has 104 valence electrons. The number of nitrogens with one attached hydrogen (secondary N) is 1. The van der Waals surface area contributed by atoms with Gasteiger partial charge in [-0.05, 0) is 12.1 Å². The van der Waals surface area contributed by atoms with Gasteiger partial charge in [-0.15, -0.1) is 11.3 Å².